The molecule has 29 heavy (non-hydrogen) atoms. The molecule has 2 aromatic rings. The van der Waals surface area contributed by atoms with Crippen LogP contribution in [0.3, 0.4) is 0 Å². The Morgan fingerprint density at radius 1 is 1.10 bits per heavy atom. The lowest BCUT2D eigenvalue weighted by Gasteiger charge is -2.30. The van der Waals surface area contributed by atoms with E-state index in [0.717, 1.165) is 68.4 Å². The normalized spacial score (nSPS) is 24.2. The van der Waals surface area contributed by atoms with Crippen LogP contribution in [0.15, 0.2) is 42.9 Å². The number of hydrogen-bond acceptors (Lipinski definition) is 4. The van der Waals surface area contributed by atoms with Crippen LogP contribution in [0.25, 0.3) is 11.1 Å². The number of aromatic nitrogens is 3. The summed E-state index contributed by atoms with van der Waals surface area (Å²) in [4.78, 5) is 25.8. The van der Waals surface area contributed by atoms with Crippen LogP contribution in [-0.4, -0.2) is 27.4 Å². The molecule has 2 aliphatic rings. The van der Waals surface area contributed by atoms with E-state index in [9.17, 15) is 4.79 Å². The van der Waals surface area contributed by atoms with E-state index in [1.165, 1.54) is 5.69 Å². The van der Waals surface area contributed by atoms with Gasteiger partial charge in [0.1, 0.15) is 5.82 Å². The first-order chi connectivity index (χ1) is 14.2. The Morgan fingerprint density at radius 2 is 1.90 bits per heavy atom. The third-order valence-corrected chi connectivity index (χ3v) is 6.37. The minimum absolute atomic E-state index is 0.170. The van der Waals surface area contributed by atoms with Gasteiger partial charge in [-0.3, -0.25) is 9.78 Å². The van der Waals surface area contributed by atoms with Crippen LogP contribution < -0.4 is 5.32 Å². The van der Waals surface area contributed by atoms with E-state index < -0.39 is 0 Å². The maximum absolute atomic E-state index is 12.4. The maximum atomic E-state index is 12.4. The second kappa shape index (κ2) is 9.29. The molecule has 1 amide bonds. The summed E-state index contributed by atoms with van der Waals surface area (Å²) >= 11 is 0. The first kappa shape index (κ1) is 19.7. The molecule has 0 aromatic carbocycles. The van der Waals surface area contributed by atoms with Crippen molar-refractivity contribution in [3.05, 3.63) is 54.4 Å². The molecule has 0 saturated heterocycles. The second-order valence-electron chi connectivity index (χ2n) is 8.40. The van der Waals surface area contributed by atoms with Crippen molar-refractivity contribution in [3.63, 3.8) is 0 Å². The first-order valence-electron chi connectivity index (χ1n) is 10.9. The number of amides is 1. The molecule has 4 rings (SSSR count). The maximum Gasteiger partial charge on any atom is 0.223 e. The van der Waals surface area contributed by atoms with Crippen molar-refractivity contribution in [2.24, 2.45) is 11.8 Å². The van der Waals surface area contributed by atoms with Crippen LogP contribution in [0.4, 0.5) is 0 Å². The van der Waals surface area contributed by atoms with Crippen molar-refractivity contribution >= 4 is 5.91 Å². The molecule has 1 N–H and O–H groups in total. The summed E-state index contributed by atoms with van der Waals surface area (Å²) in [5.41, 5.74) is 3.42. The summed E-state index contributed by atoms with van der Waals surface area (Å²) in [6.07, 6.45) is 17.3. The molecule has 0 aliphatic heterocycles. The highest BCUT2D eigenvalue weighted by atomic mass is 16.1. The van der Waals surface area contributed by atoms with E-state index in [1.807, 2.05) is 37.6 Å². The third kappa shape index (κ3) is 4.89. The average molecular weight is 391 g/mol. The van der Waals surface area contributed by atoms with Gasteiger partial charge < -0.3 is 5.32 Å². The van der Waals surface area contributed by atoms with Crippen LogP contribution in [0.5, 0.6) is 0 Å². The van der Waals surface area contributed by atoms with Crippen molar-refractivity contribution in [1.82, 2.24) is 20.3 Å². The average Bonchev–Trinajstić information content (AvgIpc) is 2.79. The fraction of sp³-hybridized carbons (Fsp3) is 0.500. The number of hydrogen-bond donors (Lipinski definition) is 1. The molecule has 1 unspecified atom stereocenters. The van der Waals surface area contributed by atoms with Crippen LogP contribution in [0.1, 0.15) is 62.4 Å². The van der Waals surface area contributed by atoms with Gasteiger partial charge in [-0.15, -0.1) is 0 Å². The quantitative estimate of drug-likeness (QED) is 0.758. The van der Waals surface area contributed by atoms with Gasteiger partial charge in [0.2, 0.25) is 5.91 Å². The Kier molecular flexibility index (Phi) is 6.33. The minimum atomic E-state index is 0.170. The third-order valence-electron chi connectivity index (χ3n) is 6.37. The summed E-state index contributed by atoms with van der Waals surface area (Å²) in [7, 11) is 0. The van der Waals surface area contributed by atoms with Gasteiger partial charge in [0.15, 0.2) is 0 Å². The highest BCUT2D eigenvalue weighted by molar-refractivity contribution is 5.79. The lowest BCUT2D eigenvalue weighted by Crippen LogP contribution is -2.35. The Hall–Kier alpha value is -2.56. The molecule has 0 bridgehead atoms. The van der Waals surface area contributed by atoms with E-state index in [2.05, 4.69) is 27.4 Å². The molecule has 2 heterocycles. The number of allylic oxidation sites excluding steroid dienone is 2. The Bertz CT molecular complexity index is 856. The zero-order chi connectivity index (χ0) is 20.1. The molecule has 1 atom stereocenters. The molecule has 5 nitrogen and oxygen atoms in total. The lowest BCUT2D eigenvalue weighted by atomic mass is 9.79. The van der Waals surface area contributed by atoms with Crippen molar-refractivity contribution in [3.8, 4) is 11.1 Å². The van der Waals surface area contributed by atoms with E-state index in [-0.39, 0.29) is 11.8 Å². The van der Waals surface area contributed by atoms with Crippen LogP contribution in [-0.2, 0) is 4.79 Å². The number of rotatable bonds is 5. The Labute approximate surface area is 173 Å². The molecule has 2 aliphatic carbocycles. The lowest BCUT2D eigenvalue weighted by molar-refractivity contribution is -0.125. The first-order valence-corrected chi connectivity index (χ1v) is 10.9. The van der Waals surface area contributed by atoms with Crippen LogP contribution in [0.2, 0.25) is 0 Å². The van der Waals surface area contributed by atoms with Crippen LogP contribution in [0, 0.1) is 18.8 Å². The zero-order valence-corrected chi connectivity index (χ0v) is 17.2. The van der Waals surface area contributed by atoms with E-state index >= 15 is 0 Å². The minimum Gasteiger partial charge on any atom is -0.356 e. The molecule has 0 radical (unpaired) electrons. The van der Waals surface area contributed by atoms with Crippen LogP contribution >= 0.6 is 0 Å². The van der Waals surface area contributed by atoms with Gasteiger partial charge in [0, 0.05) is 42.5 Å². The van der Waals surface area contributed by atoms with Gasteiger partial charge in [0.05, 0.1) is 5.69 Å². The molecule has 1 fully saturated rings. The molecular formula is C24H30N4O. The smallest absolute Gasteiger partial charge is 0.223 e. The highest BCUT2D eigenvalue weighted by Crippen LogP contribution is 2.38. The summed E-state index contributed by atoms with van der Waals surface area (Å²) in [6.45, 7) is 2.77. The van der Waals surface area contributed by atoms with Crippen molar-refractivity contribution in [2.75, 3.05) is 6.54 Å². The van der Waals surface area contributed by atoms with Gasteiger partial charge in [-0.2, -0.15) is 0 Å². The number of pyridine rings is 1. The molecule has 5 heteroatoms. The van der Waals surface area contributed by atoms with Gasteiger partial charge in [-0.1, -0.05) is 12.2 Å². The Morgan fingerprint density at radius 3 is 2.62 bits per heavy atom. The molecule has 0 spiro atoms. The number of nitrogens with zero attached hydrogens (tertiary/aromatic N) is 3. The summed E-state index contributed by atoms with van der Waals surface area (Å²) in [6, 6.07) is 4.05. The number of nitrogens with one attached hydrogen (secondary N) is 1. The number of aryl methyl sites for hydroxylation is 1. The molecule has 1 saturated carbocycles. The SMILES string of the molecule is Cc1ncc(-c2ccncc2)c(C2CCC(CNC(=O)C3CC=CCC3)CC2)n1. The number of carbonyl (C=O) groups is 1. The van der Waals surface area contributed by atoms with Gasteiger partial charge >= 0.3 is 0 Å². The van der Waals surface area contributed by atoms with E-state index in [1.54, 1.807) is 0 Å². The summed E-state index contributed by atoms with van der Waals surface area (Å²) < 4.78 is 0. The fourth-order valence-corrected chi connectivity index (χ4v) is 4.61. The molecular weight excluding hydrogens is 360 g/mol. The fourth-order valence-electron chi connectivity index (χ4n) is 4.61. The monoisotopic (exact) mass is 390 g/mol. The predicted octanol–water partition coefficient (Wildman–Crippen LogP) is 4.59. The van der Waals surface area contributed by atoms with Crippen molar-refractivity contribution < 1.29 is 4.79 Å². The molecule has 2 aromatic heterocycles. The summed E-state index contributed by atoms with van der Waals surface area (Å²) in [5.74, 6) is 2.26. The largest absolute Gasteiger partial charge is 0.356 e. The topological polar surface area (TPSA) is 67.8 Å². The standard InChI is InChI=1S/C24H30N4O/c1-17-26-16-22(19-11-13-25-14-12-19)23(28-17)20-9-7-18(8-10-20)15-27-24(29)21-5-3-2-4-6-21/h2-3,11-14,16,18,20-21H,4-10,15H2,1H3,(H,27,29). The highest BCUT2D eigenvalue weighted by Gasteiger charge is 2.27. The summed E-state index contributed by atoms with van der Waals surface area (Å²) in [5, 5.41) is 3.22. The number of carbonyl (C=O) groups excluding carboxylic acids is 1. The van der Waals surface area contributed by atoms with Gasteiger partial charge in [-0.25, -0.2) is 9.97 Å². The van der Waals surface area contributed by atoms with E-state index in [4.69, 9.17) is 4.98 Å². The van der Waals surface area contributed by atoms with Crippen molar-refractivity contribution in [1.29, 1.82) is 0 Å². The second-order valence-corrected chi connectivity index (χ2v) is 8.40. The predicted molar refractivity (Wildman–Crippen MR) is 114 cm³/mol. The zero-order valence-electron chi connectivity index (χ0n) is 17.2. The van der Waals surface area contributed by atoms with Gasteiger partial charge in [-0.05, 0) is 75.5 Å². The van der Waals surface area contributed by atoms with Gasteiger partial charge in [0.25, 0.3) is 0 Å². The van der Waals surface area contributed by atoms with E-state index in [0.29, 0.717) is 11.8 Å². The Balaban J connectivity index is 1.36. The molecule has 152 valence electrons. The van der Waals surface area contributed by atoms with Crippen molar-refractivity contribution in [2.45, 2.75) is 57.8 Å².